The van der Waals surface area contributed by atoms with Gasteiger partial charge in [-0.1, -0.05) is 0 Å². The van der Waals surface area contributed by atoms with Crippen LogP contribution in [-0.4, -0.2) is 51.5 Å². The first-order valence-corrected chi connectivity index (χ1v) is 4.60. The van der Waals surface area contributed by atoms with Crippen LogP contribution in [-0.2, 0) is 6.54 Å². The number of aliphatic hydroxyl groups is 1. The molecule has 7 heteroatoms. The minimum absolute atomic E-state index is 0.107. The number of rotatable bonds is 6. The van der Waals surface area contributed by atoms with Crippen molar-refractivity contribution in [3.05, 3.63) is 22.4 Å². The van der Waals surface area contributed by atoms with Gasteiger partial charge < -0.3 is 20.1 Å². The molecule has 1 rings (SSSR count). The van der Waals surface area contributed by atoms with E-state index >= 15 is 0 Å². The molecule has 0 spiro atoms. The first-order chi connectivity index (χ1) is 7.13. The number of hydrogen-bond donors (Lipinski definition) is 1. The molecule has 15 heavy (non-hydrogen) atoms. The van der Waals surface area contributed by atoms with E-state index in [1.54, 1.807) is 6.20 Å². The molecule has 0 unspecified atom stereocenters. The molecule has 0 atom stereocenters. The third-order valence-electron chi connectivity index (χ3n) is 2.01. The molecule has 1 heterocycles. The molecular formula is C8H14N4O3. The van der Waals surface area contributed by atoms with Crippen LogP contribution in [0.4, 0.5) is 5.82 Å². The van der Waals surface area contributed by atoms with Crippen molar-refractivity contribution in [1.82, 2.24) is 14.7 Å². The summed E-state index contributed by atoms with van der Waals surface area (Å²) in [5, 5.41) is 22.8. The van der Waals surface area contributed by atoms with Crippen LogP contribution in [0.15, 0.2) is 12.3 Å². The summed E-state index contributed by atoms with van der Waals surface area (Å²) in [6.45, 7) is 1.96. The maximum atomic E-state index is 10.3. The standard InChI is InChI=1S/C8H14N4O3/c1-10(6-7-13)4-5-11-3-2-8(9-11)12(14)15/h2-3,13H,4-7H2,1H3. The van der Waals surface area contributed by atoms with Crippen LogP contribution in [0, 0.1) is 10.1 Å². The summed E-state index contributed by atoms with van der Waals surface area (Å²) in [4.78, 5) is 11.7. The van der Waals surface area contributed by atoms with Gasteiger partial charge in [0.25, 0.3) is 0 Å². The highest BCUT2D eigenvalue weighted by molar-refractivity contribution is 5.13. The van der Waals surface area contributed by atoms with Gasteiger partial charge in [-0.2, -0.15) is 4.68 Å². The molecule has 0 aliphatic rings. The van der Waals surface area contributed by atoms with Crippen LogP contribution in [0.25, 0.3) is 0 Å². The molecule has 0 amide bonds. The fraction of sp³-hybridized carbons (Fsp3) is 0.625. The Morgan fingerprint density at radius 3 is 2.93 bits per heavy atom. The van der Waals surface area contributed by atoms with Crippen LogP contribution in [0.1, 0.15) is 0 Å². The van der Waals surface area contributed by atoms with E-state index in [-0.39, 0.29) is 12.4 Å². The summed E-state index contributed by atoms with van der Waals surface area (Å²) in [5.41, 5.74) is 0. The summed E-state index contributed by atoms with van der Waals surface area (Å²) < 4.78 is 1.52. The van der Waals surface area contributed by atoms with Crippen LogP contribution in [0.3, 0.4) is 0 Å². The molecular weight excluding hydrogens is 200 g/mol. The van der Waals surface area contributed by atoms with E-state index in [0.717, 1.165) is 0 Å². The van der Waals surface area contributed by atoms with Gasteiger partial charge in [0.15, 0.2) is 0 Å². The van der Waals surface area contributed by atoms with Crippen molar-refractivity contribution >= 4 is 5.82 Å². The number of hydrogen-bond acceptors (Lipinski definition) is 5. The van der Waals surface area contributed by atoms with E-state index in [0.29, 0.717) is 19.6 Å². The van der Waals surface area contributed by atoms with Crippen molar-refractivity contribution in [1.29, 1.82) is 0 Å². The van der Waals surface area contributed by atoms with Gasteiger partial charge in [0.1, 0.15) is 0 Å². The first kappa shape index (κ1) is 11.6. The third-order valence-corrected chi connectivity index (χ3v) is 2.01. The fourth-order valence-corrected chi connectivity index (χ4v) is 1.13. The normalized spacial score (nSPS) is 10.9. The van der Waals surface area contributed by atoms with E-state index in [2.05, 4.69) is 5.10 Å². The lowest BCUT2D eigenvalue weighted by atomic mass is 10.5. The predicted molar refractivity (Wildman–Crippen MR) is 53.5 cm³/mol. The highest BCUT2D eigenvalue weighted by Crippen LogP contribution is 2.04. The number of likely N-dealkylation sites (N-methyl/N-ethyl adjacent to an activating group) is 1. The Morgan fingerprint density at radius 2 is 2.40 bits per heavy atom. The minimum atomic E-state index is -0.520. The van der Waals surface area contributed by atoms with Gasteiger partial charge >= 0.3 is 5.82 Å². The van der Waals surface area contributed by atoms with Crippen LogP contribution >= 0.6 is 0 Å². The number of nitro groups is 1. The molecule has 1 aromatic rings. The molecule has 7 nitrogen and oxygen atoms in total. The lowest BCUT2D eigenvalue weighted by molar-refractivity contribution is -0.389. The van der Waals surface area contributed by atoms with Crippen molar-refractivity contribution in [2.24, 2.45) is 0 Å². The Kier molecular flexibility index (Phi) is 4.19. The summed E-state index contributed by atoms with van der Waals surface area (Å²) >= 11 is 0. The topological polar surface area (TPSA) is 84.4 Å². The fourth-order valence-electron chi connectivity index (χ4n) is 1.13. The van der Waals surface area contributed by atoms with Crippen molar-refractivity contribution in [2.75, 3.05) is 26.7 Å². The highest BCUT2D eigenvalue weighted by atomic mass is 16.6. The van der Waals surface area contributed by atoms with Gasteiger partial charge in [0.2, 0.25) is 0 Å². The zero-order chi connectivity index (χ0) is 11.3. The summed E-state index contributed by atoms with van der Waals surface area (Å²) in [6, 6.07) is 1.37. The molecule has 0 saturated heterocycles. The van der Waals surface area contributed by atoms with Gasteiger partial charge in [-0.3, -0.25) is 0 Å². The number of nitrogens with zero attached hydrogens (tertiary/aromatic N) is 4. The van der Waals surface area contributed by atoms with Gasteiger partial charge in [0, 0.05) is 13.1 Å². The minimum Gasteiger partial charge on any atom is -0.395 e. The van der Waals surface area contributed by atoms with Crippen LogP contribution < -0.4 is 0 Å². The van der Waals surface area contributed by atoms with Gasteiger partial charge in [-0.15, -0.1) is 0 Å². The van der Waals surface area contributed by atoms with E-state index in [1.807, 2.05) is 11.9 Å². The Hall–Kier alpha value is -1.47. The predicted octanol–water partition coefficient (Wildman–Crippen LogP) is -0.285. The van der Waals surface area contributed by atoms with E-state index in [9.17, 15) is 10.1 Å². The quantitative estimate of drug-likeness (QED) is 0.520. The Morgan fingerprint density at radius 1 is 1.67 bits per heavy atom. The zero-order valence-corrected chi connectivity index (χ0v) is 8.54. The van der Waals surface area contributed by atoms with Gasteiger partial charge in [0.05, 0.1) is 30.5 Å². The van der Waals surface area contributed by atoms with Gasteiger partial charge in [-0.05, 0) is 12.0 Å². The molecule has 0 aliphatic carbocycles. The van der Waals surface area contributed by atoms with Gasteiger partial charge in [-0.25, -0.2) is 0 Å². The second-order valence-corrected chi connectivity index (χ2v) is 3.22. The molecule has 1 N–H and O–H groups in total. The molecule has 84 valence electrons. The van der Waals surface area contributed by atoms with E-state index < -0.39 is 4.92 Å². The molecule has 1 aromatic heterocycles. The first-order valence-electron chi connectivity index (χ1n) is 4.60. The molecule has 0 saturated carbocycles. The average Bonchev–Trinajstić information content (AvgIpc) is 2.63. The lowest BCUT2D eigenvalue weighted by Gasteiger charge is -2.13. The smallest absolute Gasteiger partial charge is 0.389 e. The highest BCUT2D eigenvalue weighted by Gasteiger charge is 2.10. The zero-order valence-electron chi connectivity index (χ0n) is 8.54. The van der Waals surface area contributed by atoms with Crippen LogP contribution in [0.2, 0.25) is 0 Å². The summed E-state index contributed by atoms with van der Waals surface area (Å²) in [7, 11) is 1.87. The molecule has 0 aromatic carbocycles. The molecule has 0 bridgehead atoms. The second-order valence-electron chi connectivity index (χ2n) is 3.22. The molecule has 0 aliphatic heterocycles. The average molecular weight is 214 g/mol. The van der Waals surface area contributed by atoms with E-state index in [1.165, 1.54) is 10.7 Å². The summed E-state index contributed by atoms with van der Waals surface area (Å²) in [5.74, 6) is -0.139. The molecule has 0 radical (unpaired) electrons. The van der Waals surface area contributed by atoms with Crippen LogP contribution in [0.5, 0.6) is 0 Å². The monoisotopic (exact) mass is 214 g/mol. The molecule has 0 fully saturated rings. The Labute approximate surface area is 87.1 Å². The second kappa shape index (κ2) is 5.42. The maximum Gasteiger partial charge on any atom is 0.389 e. The maximum absolute atomic E-state index is 10.3. The van der Waals surface area contributed by atoms with Crippen molar-refractivity contribution in [2.45, 2.75) is 6.54 Å². The summed E-state index contributed by atoms with van der Waals surface area (Å²) in [6.07, 6.45) is 1.57. The van der Waals surface area contributed by atoms with Crippen molar-refractivity contribution in [3.63, 3.8) is 0 Å². The van der Waals surface area contributed by atoms with Crippen molar-refractivity contribution < 1.29 is 10.0 Å². The SMILES string of the molecule is CN(CCO)CCn1ccc([N+](=O)[O-])n1. The Balaban J connectivity index is 2.40. The Bertz CT molecular complexity index is 325. The third kappa shape index (κ3) is 3.64. The number of aromatic nitrogens is 2. The number of aliphatic hydroxyl groups excluding tert-OH is 1. The lowest BCUT2D eigenvalue weighted by Crippen LogP contribution is -2.26. The van der Waals surface area contributed by atoms with Crippen molar-refractivity contribution in [3.8, 4) is 0 Å². The van der Waals surface area contributed by atoms with E-state index in [4.69, 9.17) is 5.11 Å². The largest absolute Gasteiger partial charge is 0.395 e.